The fourth-order valence-corrected chi connectivity index (χ4v) is 1.71. The number of carbonyl (C=O) groups excluding carboxylic acids is 1. The van der Waals surface area contributed by atoms with Crippen molar-refractivity contribution >= 4 is 23.0 Å². The highest BCUT2D eigenvalue weighted by molar-refractivity contribution is 5.94. The van der Waals surface area contributed by atoms with Gasteiger partial charge in [-0.2, -0.15) is 0 Å². The Morgan fingerprint density at radius 2 is 1.77 bits per heavy atom. The Morgan fingerprint density at radius 3 is 2.41 bits per heavy atom. The Labute approximate surface area is 123 Å². The van der Waals surface area contributed by atoms with Gasteiger partial charge in [0, 0.05) is 17.8 Å². The van der Waals surface area contributed by atoms with Crippen LogP contribution in [0.25, 0.3) is 0 Å². The minimum absolute atomic E-state index is 0.134. The van der Waals surface area contributed by atoms with Crippen LogP contribution >= 0.6 is 0 Å². The Bertz CT molecular complexity index is 702. The zero-order valence-corrected chi connectivity index (χ0v) is 11.2. The molecule has 0 bridgehead atoms. The van der Waals surface area contributed by atoms with Crippen LogP contribution in [0.4, 0.5) is 25.8 Å². The van der Waals surface area contributed by atoms with Crippen molar-refractivity contribution in [1.82, 2.24) is 0 Å². The smallest absolute Gasteiger partial charge is 0.271 e. The molecule has 0 aliphatic rings. The molecule has 8 heteroatoms. The molecular weight excluding hydrogens is 296 g/mol. The van der Waals surface area contributed by atoms with E-state index in [0.717, 1.165) is 12.1 Å². The summed E-state index contributed by atoms with van der Waals surface area (Å²) in [7, 11) is 0. The first-order valence-corrected chi connectivity index (χ1v) is 6.19. The molecule has 0 unspecified atom stereocenters. The topological polar surface area (TPSA) is 84.3 Å². The summed E-state index contributed by atoms with van der Waals surface area (Å²) in [4.78, 5) is 21.7. The van der Waals surface area contributed by atoms with Gasteiger partial charge in [0.05, 0.1) is 11.5 Å². The van der Waals surface area contributed by atoms with E-state index in [-0.39, 0.29) is 12.2 Å². The number of para-hydroxylation sites is 1. The van der Waals surface area contributed by atoms with Crippen molar-refractivity contribution in [2.24, 2.45) is 0 Å². The van der Waals surface area contributed by atoms with Crippen LogP contribution in [0.2, 0.25) is 0 Å². The van der Waals surface area contributed by atoms with Crippen LogP contribution in [0.1, 0.15) is 0 Å². The average molecular weight is 307 g/mol. The number of nitro benzene ring substituents is 1. The number of benzene rings is 2. The van der Waals surface area contributed by atoms with Crippen LogP contribution in [0.15, 0.2) is 42.5 Å². The van der Waals surface area contributed by atoms with Crippen molar-refractivity contribution in [3.05, 3.63) is 64.2 Å². The van der Waals surface area contributed by atoms with Crippen molar-refractivity contribution in [2.45, 2.75) is 0 Å². The molecule has 2 N–H and O–H groups in total. The van der Waals surface area contributed by atoms with Crippen LogP contribution in [-0.4, -0.2) is 17.4 Å². The Kier molecular flexibility index (Phi) is 4.62. The molecule has 2 aromatic carbocycles. The SMILES string of the molecule is O=C(CNc1cccc([N+](=O)[O-])c1)Nc1c(F)cccc1F. The van der Waals surface area contributed by atoms with E-state index in [2.05, 4.69) is 10.6 Å². The third-order valence-electron chi connectivity index (χ3n) is 2.74. The van der Waals surface area contributed by atoms with E-state index in [1.54, 1.807) is 0 Å². The first-order chi connectivity index (χ1) is 10.5. The molecule has 22 heavy (non-hydrogen) atoms. The van der Waals surface area contributed by atoms with Crippen LogP contribution < -0.4 is 10.6 Å². The zero-order chi connectivity index (χ0) is 16.1. The lowest BCUT2D eigenvalue weighted by atomic mass is 10.2. The van der Waals surface area contributed by atoms with Gasteiger partial charge in [0.25, 0.3) is 5.69 Å². The van der Waals surface area contributed by atoms with Crippen molar-refractivity contribution < 1.29 is 18.5 Å². The van der Waals surface area contributed by atoms with Gasteiger partial charge in [-0.1, -0.05) is 12.1 Å². The predicted octanol–water partition coefficient (Wildman–Crippen LogP) is 2.92. The highest BCUT2D eigenvalue weighted by Crippen LogP contribution is 2.19. The van der Waals surface area contributed by atoms with Gasteiger partial charge in [0.1, 0.15) is 17.3 Å². The number of rotatable bonds is 5. The highest BCUT2D eigenvalue weighted by atomic mass is 19.1. The molecule has 0 atom stereocenters. The lowest BCUT2D eigenvalue weighted by Crippen LogP contribution is -2.23. The molecule has 0 saturated heterocycles. The number of carbonyl (C=O) groups is 1. The van der Waals surface area contributed by atoms with E-state index in [9.17, 15) is 23.7 Å². The summed E-state index contributed by atoms with van der Waals surface area (Å²) < 4.78 is 26.7. The maximum atomic E-state index is 13.4. The lowest BCUT2D eigenvalue weighted by Gasteiger charge is -2.09. The third kappa shape index (κ3) is 3.75. The van der Waals surface area contributed by atoms with Gasteiger partial charge < -0.3 is 10.6 Å². The number of nitrogens with one attached hydrogen (secondary N) is 2. The molecule has 1 amide bonds. The Morgan fingerprint density at radius 1 is 1.14 bits per heavy atom. The minimum atomic E-state index is -0.885. The third-order valence-corrected chi connectivity index (χ3v) is 2.74. The summed E-state index contributed by atoms with van der Waals surface area (Å²) in [5.74, 6) is -2.46. The van der Waals surface area contributed by atoms with Gasteiger partial charge in [0.2, 0.25) is 5.91 Å². The number of anilines is 2. The maximum absolute atomic E-state index is 13.4. The first kappa shape index (κ1) is 15.4. The van der Waals surface area contributed by atoms with E-state index < -0.39 is 28.2 Å². The van der Waals surface area contributed by atoms with Crippen molar-refractivity contribution in [2.75, 3.05) is 17.2 Å². The number of nitrogens with zero attached hydrogens (tertiary/aromatic N) is 1. The molecule has 0 aliphatic carbocycles. The van der Waals surface area contributed by atoms with E-state index >= 15 is 0 Å². The molecule has 0 aliphatic heterocycles. The molecule has 0 heterocycles. The first-order valence-electron chi connectivity index (χ1n) is 6.19. The zero-order valence-electron chi connectivity index (χ0n) is 11.2. The van der Waals surface area contributed by atoms with Gasteiger partial charge in [0.15, 0.2) is 0 Å². The molecule has 0 aromatic heterocycles. The standard InChI is InChI=1S/C14H11F2N3O3/c15-11-5-2-6-12(16)14(11)18-13(20)8-17-9-3-1-4-10(7-9)19(21)22/h1-7,17H,8H2,(H,18,20). The quantitative estimate of drug-likeness (QED) is 0.657. The number of hydrogen-bond acceptors (Lipinski definition) is 4. The average Bonchev–Trinajstić information content (AvgIpc) is 2.49. The van der Waals surface area contributed by atoms with Crippen molar-refractivity contribution in [3.8, 4) is 0 Å². The van der Waals surface area contributed by atoms with E-state index in [1.807, 2.05) is 0 Å². The van der Waals surface area contributed by atoms with Gasteiger partial charge in [-0.05, 0) is 18.2 Å². The number of hydrogen-bond donors (Lipinski definition) is 2. The molecular formula is C14H11F2N3O3. The molecule has 114 valence electrons. The number of non-ortho nitro benzene ring substituents is 1. The predicted molar refractivity (Wildman–Crippen MR) is 76.6 cm³/mol. The lowest BCUT2D eigenvalue weighted by molar-refractivity contribution is -0.384. The number of nitro groups is 1. The second-order valence-corrected chi connectivity index (χ2v) is 4.31. The molecule has 0 saturated carbocycles. The van der Waals surface area contributed by atoms with Crippen molar-refractivity contribution in [3.63, 3.8) is 0 Å². The summed E-state index contributed by atoms with van der Waals surface area (Å²) >= 11 is 0. The van der Waals surface area contributed by atoms with E-state index in [0.29, 0.717) is 5.69 Å². The maximum Gasteiger partial charge on any atom is 0.271 e. The summed E-state index contributed by atoms with van der Waals surface area (Å²) in [6, 6.07) is 8.76. The second kappa shape index (κ2) is 6.61. The molecule has 2 aromatic rings. The molecule has 6 nitrogen and oxygen atoms in total. The second-order valence-electron chi connectivity index (χ2n) is 4.31. The van der Waals surface area contributed by atoms with Gasteiger partial charge in [-0.3, -0.25) is 14.9 Å². The van der Waals surface area contributed by atoms with Crippen LogP contribution in [-0.2, 0) is 4.79 Å². The number of halogens is 2. The minimum Gasteiger partial charge on any atom is -0.376 e. The Hall–Kier alpha value is -3.03. The molecule has 0 radical (unpaired) electrons. The summed E-state index contributed by atoms with van der Waals surface area (Å²) in [6.07, 6.45) is 0. The fraction of sp³-hybridized carbons (Fsp3) is 0.0714. The molecule has 2 rings (SSSR count). The number of amides is 1. The Balaban J connectivity index is 1.99. The summed E-state index contributed by atoms with van der Waals surface area (Å²) in [5, 5.41) is 15.4. The fourth-order valence-electron chi connectivity index (χ4n) is 1.71. The molecule has 0 fully saturated rings. The monoisotopic (exact) mass is 307 g/mol. The normalized spacial score (nSPS) is 10.1. The molecule has 0 spiro atoms. The van der Waals surface area contributed by atoms with E-state index in [4.69, 9.17) is 0 Å². The van der Waals surface area contributed by atoms with Gasteiger partial charge in [-0.25, -0.2) is 8.78 Å². The van der Waals surface area contributed by atoms with Crippen LogP contribution in [0.3, 0.4) is 0 Å². The summed E-state index contributed by atoms with van der Waals surface area (Å²) in [5.41, 5.74) is -0.322. The van der Waals surface area contributed by atoms with Crippen molar-refractivity contribution in [1.29, 1.82) is 0 Å². The summed E-state index contributed by atoms with van der Waals surface area (Å²) in [6.45, 7) is -0.297. The highest BCUT2D eigenvalue weighted by Gasteiger charge is 2.12. The van der Waals surface area contributed by atoms with E-state index in [1.165, 1.54) is 30.3 Å². The largest absolute Gasteiger partial charge is 0.376 e. The van der Waals surface area contributed by atoms with Crippen LogP contribution in [0, 0.1) is 21.7 Å². The van der Waals surface area contributed by atoms with Gasteiger partial charge in [-0.15, -0.1) is 0 Å². The van der Waals surface area contributed by atoms with Crippen LogP contribution in [0.5, 0.6) is 0 Å². The van der Waals surface area contributed by atoms with Gasteiger partial charge >= 0.3 is 0 Å².